The van der Waals surface area contributed by atoms with Crippen LogP contribution in [0.2, 0.25) is 0 Å². The molecule has 1 aromatic carbocycles. The summed E-state index contributed by atoms with van der Waals surface area (Å²) in [5.74, 6) is 0.0320. The molecule has 0 radical (unpaired) electrons. The van der Waals surface area contributed by atoms with Crippen molar-refractivity contribution < 1.29 is 4.92 Å². The summed E-state index contributed by atoms with van der Waals surface area (Å²) in [4.78, 5) is 14.6. The van der Waals surface area contributed by atoms with E-state index in [1.54, 1.807) is 0 Å². The normalized spacial score (nSPS) is 28.5. The summed E-state index contributed by atoms with van der Waals surface area (Å²) in [5.41, 5.74) is 2.14. The van der Waals surface area contributed by atoms with Gasteiger partial charge in [0, 0.05) is 22.9 Å². The zero-order chi connectivity index (χ0) is 18.2. The SMILES string of the molecule is CC[C@H]1[C@@H](C(C)(C)C)[C@H]([N+](=O)[O-])[C@H](c2ccccc2C)N1C(C)C. The minimum atomic E-state index is -0.571. The van der Waals surface area contributed by atoms with Gasteiger partial charge >= 0.3 is 0 Å². The van der Waals surface area contributed by atoms with Crippen molar-refractivity contribution in [1.82, 2.24) is 4.90 Å². The van der Waals surface area contributed by atoms with Crippen LogP contribution in [0.5, 0.6) is 0 Å². The molecule has 0 unspecified atom stereocenters. The molecule has 0 amide bonds. The van der Waals surface area contributed by atoms with E-state index in [-0.39, 0.29) is 34.4 Å². The minimum Gasteiger partial charge on any atom is -0.284 e. The van der Waals surface area contributed by atoms with Gasteiger partial charge in [-0.3, -0.25) is 15.0 Å². The lowest BCUT2D eigenvalue weighted by molar-refractivity contribution is -0.537. The lowest BCUT2D eigenvalue weighted by Crippen LogP contribution is -2.42. The van der Waals surface area contributed by atoms with Crippen LogP contribution in [0.15, 0.2) is 24.3 Å². The molecule has 0 aromatic heterocycles. The lowest BCUT2D eigenvalue weighted by Gasteiger charge is -2.36. The van der Waals surface area contributed by atoms with Crippen molar-refractivity contribution in [2.24, 2.45) is 11.3 Å². The molecule has 1 fully saturated rings. The molecule has 134 valence electrons. The monoisotopic (exact) mass is 332 g/mol. The van der Waals surface area contributed by atoms with Gasteiger partial charge in [0.05, 0.1) is 0 Å². The highest BCUT2D eigenvalue weighted by Crippen LogP contribution is 2.51. The first-order valence-corrected chi connectivity index (χ1v) is 9.07. The largest absolute Gasteiger partial charge is 0.284 e. The van der Waals surface area contributed by atoms with E-state index in [0.29, 0.717) is 0 Å². The summed E-state index contributed by atoms with van der Waals surface area (Å²) in [7, 11) is 0. The first-order valence-electron chi connectivity index (χ1n) is 9.07. The van der Waals surface area contributed by atoms with Crippen LogP contribution in [0.1, 0.15) is 65.1 Å². The van der Waals surface area contributed by atoms with Crippen molar-refractivity contribution in [2.75, 3.05) is 0 Å². The Morgan fingerprint density at radius 3 is 2.25 bits per heavy atom. The fourth-order valence-electron chi connectivity index (χ4n) is 4.76. The Balaban J connectivity index is 2.67. The molecule has 0 aliphatic carbocycles. The number of nitro groups is 1. The molecular formula is C20H32N2O2. The van der Waals surface area contributed by atoms with Crippen LogP contribution in [0.3, 0.4) is 0 Å². The van der Waals surface area contributed by atoms with Crippen molar-refractivity contribution in [2.45, 2.75) is 79.1 Å². The molecule has 4 heteroatoms. The Bertz CT molecular complexity index is 592. The van der Waals surface area contributed by atoms with Crippen molar-refractivity contribution in [3.8, 4) is 0 Å². The predicted octanol–water partition coefficient (Wildman–Crippen LogP) is 4.85. The van der Waals surface area contributed by atoms with Gasteiger partial charge in [-0.1, -0.05) is 52.0 Å². The summed E-state index contributed by atoms with van der Waals surface area (Å²) in [6, 6.07) is 7.92. The van der Waals surface area contributed by atoms with E-state index in [1.807, 2.05) is 12.1 Å². The Morgan fingerprint density at radius 1 is 1.25 bits per heavy atom. The molecular weight excluding hydrogens is 300 g/mol. The van der Waals surface area contributed by atoms with Crippen LogP contribution in [-0.2, 0) is 0 Å². The maximum atomic E-state index is 12.2. The number of hydrogen-bond donors (Lipinski definition) is 0. The predicted molar refractivity (Wildman–Crippen MR) is 98.7 cm³/mol. The number of rotatable bonds is 4. The third-order valence-electron chi connectivity index (χ3n) is 5.58. The summed E-state index contributed by atoms with van der Waals surface area (Å²) in [6.07, 6.45) is 0.937. The number of nitrogens with zero attached hydrogens (tertiary/aromatic N) is 2. The average Bonchev–Trinajstić information content (AvgIpc) is 2.82. The van der Waals surface area contributed by atoms with Crippen molar-refractivity contribution >= 4 is 0 Å². The quantitative estimate of drug-likeness (QED) is 0.585. The van der Waals surface area contributed by atoms with E-state index in [1.165, 1.54) is 0 Å². The molecule has 0 spiro atoms. The molecule has 1 heterocycles. The van der Waals surface area contributed by atoms with Gasteiger partial charge in [-0.25, -0.2) is 0 Å². The zero-order valence-corrected chi connectivity index (χ0v) is 16.1. The molecule has 24 heavy (non-hydrogen) atoms. The number of aryl methyl sites for hydroxylation is 1. The molecule has 1 aliphatic rings. The molecule has 0 N–H and O–H groups in total. The highest BCUT2D eigenvalue weighted by Gasteiger charge is 2.59. The highest BCUT2D eigenvalue weighted by atomic mass is 16.6. The van der Waals surface area contributed by atoms with Crippen molar-refractivity contribution in [3.63, 3.8) is 0 Å². The number of hydrogen-bond acceptors (Lipinski definition) is 3. The third-order valence-corrected chi connectivity index (χ3v) is 5.58. The fraction of sp³-hybridized carbons (Fsp3) is 0.700. The summed E-state index contributed by atoms with van der Waals surface area (Å²) in [6.45, 7) is 15.0. The van der Waals surface area contributed by atoms with Crippen molar-refractivity contribution in [1.29, 1.82) is 0 Å². The molecule has 1 aliphatic heterocycles. The van der Waals surface area contributed by atoms with Gasteiger partial charge < -0.3 is 0 Å². The topological polar surface area (TPSA) is 46.4 Å². The van der Waals surface area contributed by atoms with E-state index < -0.39 is 6.04 Å². The minimum absolute atomic E-state index is 0.0158. The summed E-state index contributed by atoms with van der Waals surface area (Å²) < 4.78 is 0. The Kier molecular flexibility index (Phi) is 5.38. The van der Waals surface area contributed by atoms with Gasteiger partial charge in [0.25, 0.3) is 0 Å². The second-order valence-electron chi connectivity index (χ2n) is 8.49. The molecule has 1 aromatic rings. The molecule has 4 atom stereocenters. The van der Waals surface area contributed by atoms with E-state index in [9.17, 15) is 10.1 Å². The Labute approximate surface area is 146 Å². The molecule has 0 bridgehead atoms. The van der Waals surface area contributed by atoms with E-state index >= 15 is 0 Å². The standard InChI is InChI=1S/C20H32N2O2/c1-8-16-17(20(5,6)7)19(22(23)24)18(21(16)13(2)3)15-12-10-9-11-14(15)4/h9-13,16-19H,8H2,1-7H3/t16-,17+,18-,19-/m0/s1. The fourth-order valence-corrected chi connectivity index (χ4v) is 4.76. The molecule has 2 rings (SSSR count). The van der Waals surface area contributed by atoms with Crippen LogP contribution >= 0.6 is 0 Å². The van der Waals surface area contributed by atoms with Gasteiger partial charge in [0.1, 0.15) is 6.04 Å². The van der Waals surface area contributed by atoms with E-state index in [4.69, 9.17) is 0 Å². The van der Waals surface area contributed by atoms with Gasteiger partial charge in [-0.05, 0) is 43.7 Å². The Morgan fingerprint density at radius 2 is 1.83 bits per heavy atom. The first kappa shape index (κ1) is 18.9. The molecule has 4 nitrogen and oxygen atoms in total. The van der Waals surface area contributed by atoms with Crippen LogP contribution in [0.25, 0.3) is 0 Å². The van der Waals surface area contributed by atoms with Gasteiger partial charge in [-0.2, -0.15) is 0 Å². The average molecular weight is 332 g/mol. The van der Waals surface area contributed by atoms with Crippen LogP contribution < -0.4 is 0 Å². The van der Waals surface area contributed by atoms with Crippen LogP contribution in [0, 0.1) is 28.4 Å². The van der Waals surface area contributed by atoms with Crippen molar-refractivity contribution in [3.05, 3.63) is 45.5 Å². The Hall–Kier alpha value is -1.42. The van der Waals surface area contributed by atoms with Crippen LogP contribution in [-0.4, -0.2) is 27.9 Å². The lowest BCUT2D eigenvalue weighted by atomic mass is 9.72. The first-order chi connectivity index (χ1) is 11.1. The highest BCUT2D eigenvalue weighted by molar-refractivity contribution is 5.32. The van der Waals surface area contributed by atoms with Gasteiger partial charge in [-0.15, -0.1) is 0 Å². The smallest absolute Gasteiger partial charge is 0.237 e. The zero-order valence-electron chi connectivity index (χ0n) is 16.1. The summed E-state index contributed by atoms with van der Waals surface area (Å²) >= 11 is 0. The van der Waals surface area contributed by atoms with E-state index in [2.05, 4.69) is 65.5 Å². The molecule has 0 saturated carbocycles. The number of benzene rings is 1. The molecule has 1 saturated heterocycles. The maximum Gasteiger partial charge on any atom is 0.237 e. The second kappa shape index (κ2) is 6.83. The maximum absolute atomic E-state index is 12.2. The second-order valence-corrected chi connectivity index (χ2v) is 8.49. The van der Waals surface area contributed by atoms with Crippen LogP contribution in [0.4, 0.5) is 0 Å². The number of likely N-dealkylation sites (tertiary alicyclic amines) is 1. The summed E-state index contributed by atoms with van der Waals surface area (Å²) in [5, 5.41) is 12.2. The van der Waals surface area contributed by atoms with Gasteiger partial charge in [0.15, 0.2) is 0 Å². The third kappa shape index (κ3) is 3.21. The van der Waals surface area contributed by atoms with E-state index in [0.717, 1.165) is 17.5 Å². The van der Waals surface area contributed by atoms with Gasteiger partial charge in [0.2, 0.25) is 6.04 Å².